The minimum absolute atomic E-state index is 0.00549. The van der Waals surface area contributed by atoms with Gasteiger partial charge in [0.2, 0.25) is 5.91 Å². The van der Waals surface area contributed by atoms with Crippen molar-refractivity contribution >= 4 is 17.6 Å². The molecule has 0 atom stereocenters. The van der Waals surface area contributed by atoms with Crippen LogP contribution in [-0.4, -0.2) is 41.9 Å². The Balaban J connectivity index is 1.88. The van der Waals surface area contributed by atoms with Gasteiger partial charge in [-0.05, 0) is 59.0 Å². The molecule has 0 saturated carbocycles. The van der Waals surface area contributed by atoms with E-state index in [9.17, 15) is 45.4 Å². The van der Waals surface area contributed by atoms with Gasteiger partial charge < -0.3 is 19.7 Å². The third kappa shape index (κ3) is 6.55. The van der Waals surface area contributed by atoms with Crippen LogP contribution in [0.25, 0.3) is 5.57 Å². The van der Waals surface area contributed by atoms with Gasteiger partial charge in [-0.15, -0.1) is 0 Å². The topological polar surface area (TPSA) is 63.7 Å². The number of hydrogen-bond donors (Lipinski definition) is 0. The SMILES string of the molecule is CN(Cc1cc(C(F)(F)F)cc(C(F)(F)F)c1)C(=O)C/C(=C1\CCN(C(=O)[O-])C1)c1ccc(F)cc1. The molecule has 0 aliphatic carbocycles. The van der Waals surface area contributed by atoms with Crippen molar-refractivity contribution in [2.24, 2.45) is 0 Å². The molecule has 0 unspecified atom stereocenters. The maximum atomic E-state index is 13.4. The second-order valence-corrected chi connectivity index (χ2v) is 8.37. The molecule has 36 heavy (non-hydrogen) atoms. The average molecular weight is 517 g/mol. The van der Waals surface area contributed by atoms with Gasteiger partial charge in [-0.25, -0.2) is 4.39 Å². The van der Waals surface area contributed by atoms with Crippen LogP contribution >= 0.6 is 0 Å². The highest BCUT2D eigenvalue weighted by Gasteiger charge is 2.37. The lowest BCUT2D eigenvalue weighted by atomic mass is 9.95. The lowest BCUT2D eigenvalue weighted by Crippen LogP contribution is -2.39. The first-order chi connectivity index (χ1) is 16.6. The van der Waals surface area contributed by atoms with Crippen molar-refractivity contribution in [2.75, 3.05) is 20.1 Å². The zero-order chi connectivity index (χ0) is 26.8. The number of hydrogen-bond acceptors (Lipinski definition) is 3. The fraction of sp³-hybridized carbons (Fsp3) is 0.333. The van der Waals surface area contributed by atoms with Gasteiger partial charge in [0.15, 0.2) is 0 Å². The molecule has 0 N–H and O–H groups in total. The zero-order valence-electron chi connectivity index (χ0n) is 18.8. The number of carbonyl (C=O) groups excluding carboxylic acids is 2. The molecule has 194 valence electrons. The summed E-state index contributed by atoms with van der Waals surface area (Å²) in [6, 6.07) is 6.20. The quantitative estimate of drug-likeness (QED) is 0.540. The van der Waals surface area contributed by atoms with Gasteiger partial charge in [0, 0.05) is 26.7 Å². The monoisotopic (exact) mass is 517 g/mol. The predicted molar refractivity (Wildman–Crippen MR) is 112 cm³/mol. The Morgan fingerprint density at radius 3 is 2.00 bits per heavy atom. The van der Waals surface area contributed by atoms with Gasteiger partial charge in [-0.1, -0.05) is 12.1 Å². The fourth-order valence-corrected chi connectivity index (χ4v) is 3.90. The Morgan fingerprint density at radius 2 is 1.53 bits per heavy atom. The molecule has 1 saturated heterocycles. The Labute approximate surface area is 201 Å². The highest BCUT2D eigenvalue weighted by molar-refractivity contribution is 5.90. The van der Waals surface area contributed by atoms with Crippen LogP contribution in [0, 0.1) is 5.82 Å². The van der Waals surface area contributed by atoms with Crippen LogP contribution in [0.5, 0.6) is 0 Å². The Hall–Kier alpha value is -3.57. The fourth-order valence-electron chi connectivity index (χ4n) is 3.90. The summed E-state index contributed by atoms with van der Waals surface area (Å²) in [4.78, 5) is 26.2. The van der Waals surface area contributed by atoms with E-state index in [1.165, 1.54) is 19.2 Å². The summed E-state index contributed by atoms with van der Waals surface area (Å²) in [7, 11) is 1.23. The molecule has 2 aromatic rings. The highest BCUT2D eigenvalue weighted by Crippen LogP contribution is 2.37. The van der Waals surface area contributed by atoms with Gasteiger partial charge >= 0.3 is 12.4 Å². The van der Waals surface area contributed by atoms with E-state index in [2.05, 4.69) is 0 Å². The van der Waals surface area contributed by atoms with Crippen molar-refractivity contribution in [2.45, 2.75) is 31.7 Å². The Kier molecular flexibility index (Phi) is 7.65. The number of benzene rings is 2. The number of nitrogens with zero attached hydrogens (tertiary/aromatic N) is 2. The lowest BCUT2D eigenvalue weighted by molar-refractivity contribution is -0.264. The van der Waals surface area contributed by atoms with E-state index in [4.69, 9.17) is 0 Å². The molecule has 0 bridgehead atoms. The normalized spacial score (nSPS) is 15.7. The van der Waals surface area contributed by atoms with E-state index in [-0.39, 0.29) is 37.6 Å². The van der Waals surface area contributed by atoms with E-state index < -0.39 is 47.8 Å². The second kappa shape index (κ2) is 10.2. The molecule has 3 rings (SSSR count). The minimum Gasteiger partial charge on any atom is -0.530 e. The lowest BCUT2D eigenvalue weighted by Gasteiger charge is -2.22. The van der Waals surface area contributed by atoms with Crippen molar-refractivity contribution < 1.29 is 45.4 Å². The van der Waals surface area contributed by atoms with Gasteiger partial charge in [0.1, 0.15) is 11.9 Å². The van der Waals surface area contributed by atoms with E-state index in [0.29, 0.717) is 28.8 Å². The zero-order valence-corrected chi connectivity index (χ0v) is 18.8. The number of likely N-dealkylation sites (tertiary alicyclic amines) is 1. The Bertz CT molecular complexity index is 1140. The smallest absolute Gasteiger partial charge is 0.416 e. The molecule has 0 radical (unpaired) electrons. The van der Waals surface area contributed by atoms with Crippen LogP contribution in [0.2, 0.25) is 0 Å². The van der Waals surface area contributed by atoms with Crippen LogP contribution in [0.1, 0.15) is 35.1 Å². The molecule has 2 aromatic carbocycles. The van der Waals surface area contributed by atoms with Crippen LogP contribution < -0.4 is 5.11 Å². The van der Waals surface area contributed by atoms with Crippen molar-refractivity contribution in [1.29, 1.82) is 0 Å². The molecular formula is C24H20F7N2O3-. The summed E-state index contributed by atoms with van der Waals surface area (Å²) in [5.74, 6) is -1.18. The highest BCUT2D eigenvalue weighted by atomic mass is 19.4. The molecule has 1 heterocycles. The van der Waals surface area contributed by atoms with E-state index >= 15 is 0 Å². The molecule has 1 aliphatic rings. The van der Waals surface area contributed by atoms with E-state index in [1.54, 1.807) is 0 Å². The van der Waals surface area contributed by atoms with Crippen molar-refractivity contribution in [3.05, 3.63) is 76.1 Å². The summed E-state index contributed by atoms with van der Waals surface area (Å²) in [5.41, 5.74) is -1.94. The largest absolute Gasteiger partial charge is 0.530 e. The molecule has 0 spiro atoms. The van der Waals surface area contributed by atoms with Crippen LogP contribution in [0.15, 0.2) is 48.0 Å². The molecule has 12 heteroatoms. The first-order valence-electron chi connectivity index (χ1n) is 10.6. The van der Waals surface area contributed by atoms with Gasteiger partial charge in [-0.3, -0.25) is 4.79 Å². The summed E-state index contributed by atoms with van der Waals surface area (Å²) in [6.07, 6.45) is -11.5. The van der Waals surface area contributed by atoms with Crippen LogP contribution in [0.4, 0.5) is 35.5 Å². The third-order valence-electron chi connectivity index (χ3n) is 5.76. The maximum Gasteiger partial charge on any atom is 0.416 e. The number of carbonyl (C=O) groups is 2. The number of amides is 2. The number of rotatable bonds is 5. The maximum absolute atomic E-state index is 13.4. The molecule has 1 fully saturated rings. The predicted octanol–water partition coefficient (Wildman–Crippen LogP) is 4.71. The standard InChI is InChI=1S/C24H21F7N2O3/c1-32(12-14-8-17(23(26,27)28)10-18(9-14)24(29,30)31)21(34)11-20(15-2-4-19(25)5-3-15)16-6-7-33(13-16)22(35)36/h2-5,8-10H,6-7,11-13H2,1H3,(H,35,36)/p-1/b20-16-. The van der Waals surface area contributed by atoms with Crippen molar-refractivity contribution in [3.63, 3.8) is 0 Å². The van der Waals surface area contributed by atoms with E-state index in [1.807, 2.05) is 0 Å². The van der Waals surface area contributed by atoms with Gasteiger partial charge in [0.25, 0.3) is 0 Å². The number of alkyl halides is 6. The van der Waals surface area contributed by atoms with Crippen LogP contribution in [-0.2, 0) is 23.7 Å². The summed E-state index contributed by atoms with van der Waals surface area (Å²) in [6.45, 7) is -0.464. The summed E-state index contributed by atoms with van der Waals surface area (Å²) >= 11 is 0. The first-order valence-corrected chi connectivity index (χ1v) is 10.6. The number of carboxylic acid groups (broad SMARTS) is 1. The second-order valence-electron chi connectivity index (χ2n) is 8.37. The van der Waals surface area contributed by atoms with E-state index in [0.717, 1.165) is 21.9 Å². The molecule has 0 aromatic heterocycles. The molecule has 2 amide bonds. The summed E-state index contributed by atoms with van der Waals surface area (Å²) in [5, 5.41) is 11.2. The third-order valence-corrected chi connectivity index (χ3v) is 5.76. The Morgan fingerprint density at radius 1 is 0.972 bits per heavy atom. The number of halogens is 7. The minimum atomic E-state index is -5.02. The molecule has 5 nitrogen and oxygen atoms in total. The molecular weight excluding hydrogens is 497 g/mol. The first kappa shape index (κ1) is 27.0. The molecule has 1 aliphatic heterocycles. The van der Waals surface area contributed by atoms with Crippen LogP contribution in [0.3, 0.4) is 0 Å². The van der Waals surface area contributed by atoms with Crippen molar-refractivity contribution in [1.82, 2.24) is 9.80 Å². The average Bonchev–Trinajstić information content (AvgIpc) is 3.27. The van der Waals surface area contributed by atoms with Gasteiger partial charge in [-0.2, -0.15) is 26.3 Å². The van der Waals surface area contributed by atoms with Crippen molar-refractivity contribution in [3.8, 4) is 0 Å². The van der Waals surface area contributed by atoms with Gasteiger partial charge in [0.05, 0.1) is 17.5 Å². The summed E-state index contributed by atoms with van der Waals surface area (Å²) < 4.78 is 92.3.